The Bertz CT molecular complexity index is 765. The highest BCUT2D eigenvalue weighted by atomic mass is 32.2. The summed E-state index contributed by atoms with van der Waals surface area (Å²) >= 11 is 1.76. The van der Waals surface area contributed by atoms with Crippen molar-refractivity contribution in [1.82, 2.24) is 4.90 Å². The molecule has 0 radical (unpaired) electrons. The Morgan fingerprint density at radius 2 is 1.57 bits per heavy atom. The highest BCUT2D eigenvalue weighted by Crippen LogP contribution is 2.47. The van der Waals surface area contributed by atoms with Crippen molar-refractivity contribution in [2.75, 3.05) is 6.54 Å². The maximum absolute atomic E-state index is 11.7. The third-order valence-electron chi connectivity index (χ3n) is 4.42. The summed E-state index contributed by atoms with van der Waals surface area (Å²) in [5.74, 6) is 0. The first-order chi connectivity index (χ1) is 11.3. The maximum atomic E-state index is 11.7. The number of carbonyl (C=O) groups is 1. The molecule has 1 fully saturated rings. The summed E-state index contributed by atoms with van der Waals surface area (Å²) in [6.45, 7) is 0.589. The summed E-state index contributed by atoms with van der Waals surface area (Å²) in [5, 5.41) is 9.62. The van der Waals surface area contributed by atoms with E-state index < -0.39 is 6.09 Å². The summed E-state index contributed by atoms with van der Waals surface area (Å²) < 4.78 is 0. The Balaban J connectivity index is 2.00. The van der Waals surface area contributed by atoms with Crippen LogP contribution in [0.5, 0.6) is 0 Å². The Labute approximate surface area is 139 Å². The molecule has 23 heavy (non-hydrogen) atoms. The molecule has 0 aromatic heterocycles. The lowest BCUT2D eigenvalue weighted by molar-refractivity contribution is 0.151. The number of hydrogen-bond acceptors (Lipinski definition) is 2. The van der Waals surface area contributed by atoms with Gasteiger partial charge in [0.2, 0.25) is 0 Å². The van der Waals surface area contributed by atoms with Gasteiger partial charge in [0.25, 0.3) is 0 Å². The van der Waals surface area contributed by atoms with Crippen LogP contribution in [-0.4, -0.2) is 22.6 Å². The molecule has 2 aliphatic heterocycles. The second kappa shape index (κ2) is 5.78. The van der Waals surface area contributed by atoms with Crippen LogP contribution < -0.4 is 0 Å². The van der Waals surface area contributed by atoms with E-state index in [-0.39, 0.29) is 0 Å². The molecule has 116 valence electrons. The number of piperidine rings is 1. The number of amides is 1. The molecule has 0 bridgehead atoms. The summed E-state index contributed by atoms with van der Waals surface area (Å²) in [7, 11) is 0. The van der Waals surface area contributed by atoms with E-state index in [2.05, 4.69) is 24.3 Å². The van der Waals surface area contributed by atoms with Crippen molar-refractivity contribution in [2.45, 2.75) is 29.1 Å². The highest BCUT2D eigenvalue weighted by molar-refractivity contribution is 7.99. The molecule has 0 aliphatic carbocycles. The molecule has 0 atom stereocenters. The van der Waals surface area contributed by atoms with Gasteiger partial charge in [0.05, 0.1) is 0 Å². The van der Waals surface area contributed by atoms with E-state index in [1.165, 1.54) is 9.79 Å². The molecule has 1 N–H and O–H groups in total. The molecule has 4 heteroatoms. The van der Waals surface area contributed by atoms with E-state index >= 15 is 0 Å². The minimum Gasteiger partial charge on any atom is -0.465 e. The van der Waals surface area contributed by atoms with E-state index in [4.69, 9.17) is 0 Å². The second-order valence-corrected chi connectivity index (χ2v) is 6.89. The van der Waals surface area contributed by atoms with Crippen molar-refractivity contribution in [3.05, 3.63) is 65.4 Å². The van der Waals surface area contributed by atoms with Gasteiger partial charge in [-0.3, -0.25) is 4.90 Å². The lowest BCUT2D eigenvalue weighted by Gasteiger charge is -2.32. The minimum absolute atomic E-state index is 0.589. The summed E-state index contributed by atoms with van der Waals surface area (Å²) in [5.41, 5.74) is 4.35. The van der Waals surface area contributed by atoms with Gasteiger partial charge in [-0.15, -0.1) is 0 Å². The van der Waals surface area contributed by atoms with Crippen LogP contribution in [0, 0.1) is 0 Å². The molecule has 2 aromatic rings. The van der Waals surface area contributed by atoms with E-state index in [9.17, 15) is 9.90 Å². The zero-order valence-corrected chi connectivity index (χ0v) is 13.5. The van der Waals surface area contributed by atoms with Crippen LogP contribution in [0.1, 0.15) is 30.4 Å². The second-order valence-electron chi connectivity index (χ2n) is 5.81. The molecular weight excluding hydrogens is 306 g/mol. The molecule has 4 rings (SSSR count). The molecule has 0 unspecified atom stereocenters. The van der Waals surface area contributed by atoms with Crippen LogP contribution in [0.4, 0.5) is 4.79 Å². The zero-order valence-electron chi connectivity index (χ0n) is 12.7. The van der Waals surface area contributed by atoms with Gasteiger partial charge in [-0.2, -0.15) is 0 Å². The average Bonchev–Trinajstić information content (AvgIpc) is 2.59. The number of rotatable bonds is 0. The summed E-state index contributed by atoms with van der Waals surface area (Å²) in [6.07, 6.45) is 1.94. The van der Waals surface area contributed by atoms with E-state index in [1.54, 1.807) is 16.7 Å². The van der Waals surface area contributed by atoms with Crippen LogP contribution >= 0.6 is 11.8 Å². The molecular formula is C19H17NO2S. The van der Waals surface area contributed by atoms with Crippen LogP contribution in [0.15, 0.2) is 64.0 Å². The van der Waals surface area contributed by atoms with E-state index in [0.717, 1.165) is 41.7 Å². The predicted molar refractivity (Wildman–Crippen MR) is 91.6 cm³/mol. The van der Waals surface area contributed by atoms with Gasteiger partial charge in [0.1, 0.15) is 0 Å². The Morgan fingerprint density at radius 1 is 0.957 bits per heavy atom. The summed E-state index contributed by atoms with van der Waals surface area (Å²) in [4.78, 5) is 15.7. The number of carboxylic acid groups (broad SMARTS) is 1. The molecule has 0 spiro atoms. The van der Waals surface area contributed by atoms with Gasteiger partial charge in [0.15, 0.2) is 0 Å². The van der Waals surface area contributed by atoms with E-state index in [0.29, 0.717) is 6.54 Å². The highest BCUT2D eigenvalue weighted by Gasteiger charge is 2.29. The molecule has 1 saturated heterocycles. The van der Waals surface area contributed by atoms with E-state index in [1.807, 2.05) is 24.3 Å². The zero-order chi connectivity index (χ0) is 15.8. The third-order valence-corrected chi connectivity index (χ3v) is 5.58. The van der Waals surface area contributed by atoms with Crippen molar-refractivity contribution in [2.24, 2.45) is 0 Å². The van der Waals surface area contributed by atoms with Crippen molar-refractivity contribution in [3.8, 4) is 0 Å². The number of benzene rings is 2. The molecule has 2 heterocycles. The number of nitrogens with zero attached hydrogens (tertiary/aromatic N) is 1. The van der Waals surface area contributed by atoms with Crippen LogP contribution in [0.25, 0.3) is 5.57 Å². The van der Waals surface area contributed by atoms with Crippen molar-refractivity contribution in [1.29, 1.82) is 0 Å². The fourth-order valence-corrected chi connectivity index (χ4v) is 4.49. The largest absolute Gasteiger partial charge is 0.465 e. The van der Waals surface area contributed by atoms with Crippen molar-refractivity contribution in [3.63, 3.8) is 0 Å². The fourth-order valence-electron chi connectivity index (χ4n) is 3.40. The Kier molecular flexibility index (Phi) is 3.62. The maximum Gasteiger partial charge on any atom is 0.411 e. The van der Waals surface area contributed by atoms with Crippen molar-refractivity contribution < 1.29 is 9.90 Å². The van der Waals surface area contributed by atoms with Gasteiger partial charge in [-0.25, -0.2) is 4.79 Å². The standard InChI is InChI=1S/C19H17NO2S/c21-19(22)20-12-6-5-9-15(20)18-13-7-1-3-10-16(13)23-17-11-4-2-8-14(17)18/h1-4,7-8,10-11H,5-6,9,12H2,(H,21,22). The van der Waals surface area contributed by atoms with Gasteiger partial charge in [-0.05, 0) is 42.5 Å². The minimum atomic E-state index is -0.847. The quantitative estimate of drug-likeness (QED) is 0.627. The molecule has 2 aliphatic rings. The third kappa shape index (κ3) is 2.43. The monoisotopic (exact) mass is 323 g/mol. The Morgan fingerprint density at radius 3 is 2.17 bits per heavy atom. The van der Waals surface area contributed by atoms with Gasteiger partial charge >= 0.3 is 6.09 Å². The van der Waals surface area contributed by atoms with Gasteiger partial charge < -0.3 is 5.11 Å². The van der Waals surface area contributed by atoms with Gasteiger partial charge in [0, 0.05) is 27.6 Å². The van der Waals surface area contributed by atoms with Crippen molar-refractivity contribution >= 4 is 23.4 Å². The molecule has 0 saturated carbocycles. The van der Waals surface area contributed by atoms with Crippen LogP contribution in [-0.2, 0) is 0 Å². The predicted octanol–water partition coefficient (Wildman–Crippen LogP) is 5.07. The number of allylic oxidation sites excluding steroid dienone is 1. The fraction of sp³-hybridized carbons (Fsp3) is 0.211. The molecule has 3 nitrogen and oxygen atoms in total. The lowest BCUT2D eigenvalue weighted by Crippen LogP contribution is -2.33. The number of fused-ring (bicyclic) bond motifs is 2. The topological polar surface area (TPSA) is 40.5 Å². The first-order valence-electron chi connectivity index (χ1n) is 7.86. The first-order valence-corrected chi connectivity index (χ1v) is 8.67. The molecule has 2 aromatic carbocycles. The lowest BCUT2D eigenvalue weighted by atomic mass is 9.91. The SMILES string of the molecule is O=C(O)N1CCCCC1=C1c2ccccc2Sc2ccccc21. The molecule has 1 amide bonds. The van der Waals surface area contributed by atoms with Gasteiger partial charge in [-0.1, -0.05) is 48.2 Å². The average molecular weight is 323 g/mol. The Hall–Kier alpha value is -2.20. The van der Waals surface area contributed by atoms with Crippen LogP contribution in [0.2, 0.25) is 0 Å². The number of likely N-dealkylation sites (tertiary alicyclic amines) is 1. The first kappa shape index (κ1) is 14.4. The summed E-state index contributed by atoms with van der Waals surface area (Å²) in [6, 6.07) is 16.6. The smallest absolute Gasteiger partial charge is 0.411 e. The number of hydrogen-bond donors (Lipinski definition) is 1. The normalized spacial score (nSPS) is 16.8. The van der Waals surface area contributed by atoms with Crippen LogP contribution in [0.3, 0.4) is 0 Å².